The van der Waals surface area contributed by atoms with Gasteiger partial charge in [-0.1, -0.05) is 30.3 Å². The normalized spacial score (nSPS) is 22.7. The van der Waals surface area contributed by atoms with E-state index in [0.717, 1.165) is 37.4 Å². The molecule has 108 valence electrons. The van der Waals surface area contributed by atoms with Crippen molar-refractivity contribution in [2.24, 2.45) is 5.41 Å². The van der Waals surface area contributed by atoms with Crippen molar-refractivity contribution in [1.29, 1.82) is 0 Å². The Morgan fingerprint density at radius 3 is 2.71 bits per heavy atom. The topological polar surface area (TPSA) is 49.2 Å². The number of aromatic nitrogens is 2. The van der Waals surface area contributed by atoms with Crippen LogP contribution < -0.4 is 4.90 Å². The van der Waals surface area contributed by atoms with Crippen molar-refractivity contribution in [1.82, 2.24) is 9.97 Å². The quantitative estimate of drug-likeness (QED) is 0.935. The van der Waals surface area contributed by atoms with Crippen LogP contribution in [0.3, 0.4) is 0 Å². The maximum absolute atomic E-state index is 10.2. The summed E-state index contributed by atoms with van der Waals surface area (Å²) >= 11 is 0. The van der Waals surface area contributed by atoms with E-state index in [1.165, 1.54) is 5.56 Å². The number of aliphatic hydroxyl groups is 1. The van der Waals surface area contributed by atoms with Crippen LogP contribution in [0.1, 0.15) is 24.2 Å². The molecule has 1 unspecified atom stereocenters. The van der Waals surface area contributed by atoms with Crippen molar-refractivity contribution >= 4 is 5.82 Å². The number of rotatable bonds is 3. The Kier molecular flexibility index (Phi) is 2.93. The number of hydrogen-bond acceptors (Lipinski definition) is 4. The summed E-state index contributed by atoms with van der Waals surface area (Å²) < 4.78 is 0. The molecule has 21 heavy (non-hydrogen) atoms. The van der Waals surface area contributed by atoms with E-state index in [1.807, 2.05) is 30.5 Å². The third kappa shape index (κ3) is 2.40. The van der Waals surface area contributed by atoms with Gasteiger partial charge in [-0.3, -0.25) is 0 Å². The van der Waals surface area contributed by atoms with E-state index in [-0.39, 0.29) is 11.5 Å². The van der Waals surface area contributed by atoms with Gasteiger partial charge < -0.3 is 10.0 Å². The molecule has 1 N–H and O–H groups in total. The molecule has 0 radical (unpaired) electrons. The molecule has 1 aromatic heterocycles. The molecule has 2 aromatic rings. The average Bonchev–Trinajstić information content (AvgIpc) is 3.21. The minimum Gasteiger partial charge on any atom is -0.391 e. The van der Waals surface area contributed by atoms with Crippen molar-refractivity contribution in [3.05, 3.63) is 54.0 Å². The zero-order valence-electron chi connectivity index (χ0n) is 11.9. The fourth-order valence-electron chi connectivity index (χ4n) is 3.21. The van der Waals surface area contributed by atoms with Crippen LogP contribution in [0.15, 0.2) is 42.6 Å². The Labute approximate surface area is 124 Å². The average molecular weight is 281 g/mol. The summed E-state index contributed by atoms with van der Waals surface area (Å²) in [7, 11) is 0. The molecule has 1 spiro atoms. The molecular formula is C17H19N3O. The monoisotopic (exact) mass is 281 g/mol. The molecule has 2 fully saturated rings. The summed E-state index contributed by atoms with van der Waals surface area (Å²) in [5.74, 6) is 1.78. The van der Waals surface area contributed by atoms with Gasteiger partial charge in [-0.25, -0.2) is 9.97 Å². The molecule has 1 saturated carbocycles. The number of aliphatic hydroxyl groups excluding tert-OH is 1. The van der Waals surface area contributed by atoms with Gasteiger partial charge in [-0.15, -0.1) is 0 Å². The Morgan fingerprint density at radius 2 is 2.00 bits per heavy atom. The van der Waals surface area contributed by atoms with E-state index in [1.54, 1.807) is 0 Å². The Balaban J connectivity index is 1.53. The van der Waals surface area contributed by atoms with Gasteiger partial charge in [0.1, 0.15) is 11.6 Å². The van der Waals surface area contributed by atoms with E-state index in [4.69, 9.17) is 0 Å². The second-order valence-electron chi connectivity index (χ2n) is 6.25. The molecule has 1 atom stereocenters. The molecule has 4 heteroatoms. The van der Waals surface area contributed by atoms with Crippen molar-refractivity contribution in [3.8, 4) is 0 Å². The molecule has 1 saturated heterocycles. The van der Waals surface area contributed by atoms with Crippen molar-refractivity contribution in [3.63, 3.8) is 0 Å². The molecular weight excluding hydrogens is 262 g/mol. The Bertz CT molecular complexity index is 639. The molecule has 1 aliphatic heterocycles. The van der Waals surface area contributed by atoms with Gasteiger partial charge in [0.05, 0.1) is 6.10 Å². The number of anilines is 1. The predicted molar refractivity (Wildman–Crippen MR) is 81.2 cm³/mol. The lowest BCUT2D eigenvalue weighted by Crippen LogP contribution is -2.22. The van der Waals surface area contributed by atoms with Gasteiger partial charge in [0.2, 0.25) is 0 Å². The maximum atomic E-state index is 10.2. The standard InChI is InChI=1S/C17H19N3O/c21-14-11-20(12-17(14)7-8-17)16-6-9-18-15(19-16)10-13-4-2-1-3-5-13/h1-6,9,14,21H,7-8,10-12H2. The second kappa shape index (κ2) is 4.81. The maximum Gasteiger partial charge on any atom is 0.135 e. The van der Waals surface area contributed by atoms with E-state index >= 15 is 0 Å². The molecule has 1 aliphatic carbocycles. The Morgan fingerprint density at radius 1 is 1.19 bits per heavy atom. The van der Waals surface area contributed by atoms with Crippen LogP contribution >= 0.6 is 0 Å². The molecule has 0 amide bonds. The summed E-state index contributed by atoms with van der Waals surface area (Å²) in [5, 5.41) is 10.2. The minimum absolute atomic E-state index is 0.157. The van der Waals surface area contributed by atoms with Crippen LogP contribution in [0.5, 0.6) is 0 Å². The number of hydrogen-bond donors (Lipinski definition) is 1. The molecule has 0 bridgehead atoms. The van der Waals surface area contributed by atoms with Crippen LogP contribution in [0.25, 0.3) is 0 Å². The van der Waals surface area contributed by atoms with Gasteiger partial charge in [-0.2, -0.15) is 0 Å². The number of benzene rings is 1. The van der Waals surface area contributed by atoms with Gasteiger partial charge in [-0.05, 0) is 24.5 Å². The molecule has 2 aliphatic rings. The fraction of sp³-hybridized carbons (Fsp3) is 0.412. The first kappa shape index (κ1) is 12.8. The lowest BCUT2D eigenvalue weighted by Gasteiger charge is -2.17. The first-order valence-electron chi connectivity index (χ1n) is 7.54. The number of β-amino-alcohol motifs (C(OH)–C–C–N with tert-alkyl or cyclic N) is 1. The lowest BCUT2D eigenvalue weighted by atomic mass is 10.0. The fourth-order valence-corrected chi connectivity index (χ4v) is 3.21. The highest BCUT2D eigenvalue weighted by molar-refractivity contribution is 5.42. The largest absolute Gasteiger partial charge is 0.391 e. The van der Waals surface area contributed by atoms with Crippen LogP contribution in [0.2, 0.25) is 0 Å². The van der Waals surface area contributed by atoms with Gasteiger partial charge in [0.15, 0.2) is 0 Å². The van der Waals surface area contributed by atoms with Gasteiger partial charge in [0.25, 0.3) is 0 Å². The van der Waals surface area contributed by atoms with Crippen LogP contribution in [0.4, 0.5) is 5.82 Å². The van der Waals surface area contributed by atoms with Crippen molar-refractivity contribution < 1.29 is 5.11 Å². The second-order valence-corrected chi connectivity index (χ2v) is 6.25. The zero-order chi connectivity index (χ0) is 14.3. The van der Waals surface area contributed by atoms with Gasteiger partial charge >= 0.3 is 0 Å². The minimum atomic E-state index is -0.204. The summed E-state index contributed by atoms with van der Waals surface area (Å²) in [5.41, 5.74) is 1.37. The smallest absolute Gasteiger partial charge is 0.135 e. The molecule has 4 rings (SSSR count). The van der Waals surface area contributed by atoms with Crippen molar-refractivity contribution in [2.75, 3.05) is 18.0 Å². The molecule has 4 nitrogen and oxygen atoms in total. The van der Waals surface area contributed by atoms with E-state index in [0.29, 0.717) is 6.54 Å². The third-order valence-electron chi connectivity index (χ3n) is 4.72. The zero-order valence-corrected chi connectivity index (χ0v) is 11.9. The van der Waals surface area contributed by atoms with Crippen LogP contribution in [-0.2, 0) is 6.42 Å². The highest BCUT2D eigenvalue weighted by Crippen LogP contribution is 2.53. The summed E-state index contributed by atoms with van der Waals surface area (Å²) in [6, 6.07) is 12.2. The van der Waals surface area contributed by atoms with Crippen LogP contribution in [-0.4, -0.2) is 34.3 Å². The summed E-state index contributed by atoms with van der Waals surface area (Å²) in [6.45, 7) is 1.62. The first-order chi connectivity index (χ1) is 10.3. The van der Waals surface area contributed by atoms with Crippen LogP contribution in [0, 0.1) is 5.41 Å². The predicted octanol–water partition coefficient (Wildman–Crippen LogP) is 2.03. The van der Waals surface area contributed by atoms with E-state index in [9.17, 15) is 5.11 Å². The van der Waals surface area contributed by atoms with E-state index < -0.39 is 0 Å². The molecule has 2 heterocycles. The lowest BCUT2D eigenvalue weighted by molar-refractivity contribution is 0.136. The molecule has 1 aromatic carbocycles. The van der Waals surface area contributed by atoms with Gasteiger partial charge in [0, 0.05) is 31.1 Å². The van der Waals surface area contributed by atoms with Crippen molar-refractivity contribution in [2.45, 2.75) is 25.4 Å². The highest BCUT2D eigenvalue weighted by atomic mass is 16.3. The Hall–Kier alpha value is -1.94. The summed E-state index contributed by atoms with van der Waals surface area (Å²) in [6.07, 6.45) is 4.66. The summed E-state index contributed by atoms with van der Waals surface area (Å²) in [4.78, 5) is 11.3. The number of nitrogens with zero attached hydrogens (tertiary/aromatic N) is 3. The third-order valence-corrected chi connectivity index (χ3v) is 4.72. The SMILES string of the molecule is OC1CN(c2ccnc(Cc3ccccc3)n2)CC12CC2. The first-order valence-corrected chi connectivity index (χ1v) is 7.54. The highest BCUT2D eigenvalue weighted by Gasteiger charge is 2.54. The van der Waals surface area contributed by atoms with E-state index in [2.05, 4.69) is 27.0 Å².